The zero-order chi connectivity index (χ0) is 107. The third-order valence-corrected chi connectivity index (χ3v) is 0. The molecule has 720 valence electrons. The minimum Gasteiger partial charge on any atom is -0.672 e. The van der Waals surface area contributed by atoms with Crippen LogP contribution in [0.1, 0.15) is 0 Å². The molecular weight excluding hydrogens is 2400 g/mol. The van der Waals surface area contributed by atoms with Crippen LogP contribution in [0.5, 0.6) is 0 Å². The quantitative estimate of drug-likeness (QED) is 0.100. The second-order valence-electron chi connectivity index (χ2n) is 8.40. The van der Waals surface area contributed by atoms with E-state index in [1.165, 1.54) is 0 Å². The molecule has 0 saturated heterocycles. The van der Waals surface area contributed by atoms with Gasteiger partial charge in [-0.3, -0.25) is 120 Å². The van der Waals surface area contributed by atoms with Crippen molar-refractivity contribution in [3.63, 3.8) is 0 Å². The maximum Gasteiger partial charge on any atom is 1.00 e. The molecule has 0 heterocycles. The van der Waals surface area contributed by atoms with Crippen LogP contribution in [0.15, 0.2) is 0 Å². The summed E-state index contributed by atoms with van der Waals surface area (Å²) in [5, 5.41) is 0. The summed E-state index contributed by atoms with van der Waals surface area (Å²) in [7, 11) is -95.1. The standard InChI is InChI=1S/5Na.27H2O3Si.HO3Si.2O3Si/c;;;;;30*1-4(2)3/h;;;;;27*1-2H;1H;;/q5*+1;;;;;;;;;;;;;;;;;;;;;;;;;;;;-1;2*-2. The molecule has 55 N–H and O–H groups in total. The molecule has 0 aromatic carbocycles. The molecule has 0 radical (unpaired) electrons. The largest absolute Gasteiger partial charge is 1.00 e. The van der Waals surface area contributed by atoms with Crippen LogP contribution in [0, 0.1) is 0 Å². The van der Waals surface area contributed by atoms with Crippen LogP contribution in [-0.2, 0) is 134 Å². The van der Waals surface area contributed by atoms with Crippen molar-refractivity contribution in [2.24, 2.45) is 0 Å². The predicted octanol–water partition coefficient (Wildman–Crippen LogP) is -66.5. The molecular formula is H55Na5O90Si30. The van der Waals surface area contributed by atoms with Gasteiger partial charge in [-0.15, -0.1) is 0 Å². The molecule has 0 aliphatic carbocycles. The second-order valence-corrected chi connectivity index (χ2v) is 25.2. The van der Waals surface area contributed by atoms with Gasteiger partial charge in [0.2, 0.25) is 0 Å². The van der Waals surface area contributed by atoms with Gasteiger partial charge in [0, 0.05) is 18.3 Å². The van der Waals surface area contributed by atoms with E-state index in [0.29, 0.717) is 0 Å². The van der Waals surface area contributed by atoms with E-state index < -0.39 is 275 Å². The molecule has 125 heavy (non-hydrogen) atoms. The van der Waals surface area contributed by atoms with Gasteiger partial charge in [-0.2, -0.15) is 0 Å². The normalized spacial score (nSPS) is 5.76. The molecule has 0 aliphatic heterocycles. The summed E-state index contributed by atoms with van der Waals surface area (Å²) >= 11 is 0. The van der Waals surface area contributed by atoms with Crippen LogP contribution in [0.3, 0.4) is 0 Å². The van der Waals surface area contributed by atoms with Crippen molar-refractivity contribution in [2.45, 2.75) is 0 Å². The second kappa shape index (κ2) is 229. The number of hydrogen-bond acceptors (Lipinski definition) is 35. The first kappa shape index (κ1) is 235. The van der Waals surface area contributed by atoms with E-state index in [1.807, 2.05) is 0 Å². The van der Waals surface area contributed by atoms with Gasteiger partial charge < -0.3 is 301 Å². The van der Waals surface area contributed by atoms with Crippen LogP contribution in [0.4, 0.5) is 0 Å². The fourth-order valence-electron chi connectivity index (χ4n) is 0. The van der Waals surface area contributed by atoms with E-state index in [1.54, 1.807) is 0 Å². The Bertz CT molecular complexity index is 1700. The molecule has 0 aromatic heterocycles. The Balaban J connectivity index is -0.0000000203. The molecule has 125 heteroatoms. The fourth-order valence-corrected chi connectivity index (χ4v) is 0. The van der Waals surface area contributed by atoms with Gasteiger partial charge in [0.25, 0.3) is 0 Å². The average molecular weight is 2450 g/mol. The Morgan fingerprint density at radius 2 is 0.0880 bits per heavy atom. The summed E-state index contributed by atoms with van der Waals surface area (Å²) in [6.07, 6.45) is 0. The zero-order valence-corrected chi connectivity index (χ0v) is 98.9. The van der Waals surface area contributed by atoms with Gasteiger partial charge in [0.05, 0.1) is 0 Å². The molecule has 0 aliphatic rings. The minimum atomic E-state index is -3.63. The molecule has 0 bridgehead atoms. The van der Waals surface area contributed by atoms with Crippen molar-refractivity contribution < 1.29 is 569 Å². The third kappa shape index (κ3) is 37200. The summed E-state index contributed by atoms with van der Waals surface area (Å²) in [6, 6.07) is 0. The van der Waals surface area contributed by atoms with Gasteiger partial charge in [-0.1, -0.05) is 0 Å². The monoisotopic (exact) mass is 2450 g/mol. The van der Waals surface area contributed by atoms with E-state index in [9.17, 15) is 0 Å². The maximum atomic E-state index is 8.74. The van der Waals surface area contributed by atoms with Crippen LogP contribution in [0.25, 0.3) is 0 Å². The zero-order valence-electron chi connectivity index (χ0n) is 58.9. The molecule has 0 spiro atoms. The molecule has 0 aromatic rings. The molecule has 0 saturated carbocycles. The van der Waals surface area contributed by atoms with Crippen molar-refractivity contribution >= 4 is 275 Å². The van der Waals surface area contributed by atoms with Crippen molar-refractivity contribution in [2.75, 3.05) is 0 Å². The topological polar surface area (TPSA) is 1740 Å². The van der Waals surface area contributed by atoms with Crippen molar-refractivity contribution in [3.8, 4) is 0 Å². The number of hydrogen-bond donors (Lipinski definition) is 55. The summed E-state index contributed by atoms with van der Waals surface area (Å²) in [6.45, 7) is 0. The van der Waals surface area contributed by atoms with Gasteiger partial charge in [0.1, 0.15) is 0 Å². The first-order valence-electron chi connectivity index (χ1n) is 19.4. The maximum absolute atomic E-state index is 8.74. The fraction of sp³-hybridized carbons (Fsp3) is 0. The van der Waals surface area contributed by atoms with Gasteiger partial charge in [-0.05, 0) is 0 Å². The van der Waals surface area contributed by atoms with Crippen molar-refractivity contribution in [1.82, 2.24) is 0 Å². The molecule has 0 rings (SSSR count). The van der Waals surface area contributed by atoms with E-state index in [2.05, 4.69) is 0 Å². The summed E-state index contributed by atoms with van der Waals surface area (Å²) in [5.41, 5.74) is 0. The van der Waals surface area contributed by atoms with E-state index in [4.69, 9.17) is 422 Å². The number of rotatable bonds is 0. The molecule has 0 amide bonds. The smallest absolute Gasteiger partial charge is 0.672 e. The Kier molecular flexibility index (Phi) is 429. The Labute approximate surface area is 835 Å². The first-order chi connectivity index (χ1) is 52.0. The van der Waals surface area contributed by atoms with Crippen molar-refractivity contribution in [3.05, 3.63) is 0 Å². The molecule has 0 unspecified atom stereocenters. The van der Waals surface area contributed by atoms with Crippen LogP contribution in [0.2, 0.25) is 0 Å². The summed E-state index contributed by atoms with van der Waals surface area (Å²) in [5.74, 6) is 0. The molecule has 90 nitrogen and oxygen atoms in total. The third-order valence-electron chi connectivity index (χ3n) is 0. The van der Waals surface area contributed by atoms with E-state index in [0.717, 1.165) is 0 Å². The van der Waals surface area contributed by atoms with Crippen LogP contribution >= 0.6 is 0 Å². The van der Waals surface area contributed by atoms with Gasteiger partial charge in [-0.25, -0.2) is 0 Å². The van der Waals surface area contributed by atoms with E-state index in [-0.39, 0.29) is 148 Å². The first-order valence-corrected chi connectivity index (χ1v) is 58.3. The van der Waals surface area contributed by atoms with E-state index >= 15 is 0 Å². The van der Waals surface area contributed by atoms with Crippen LogP contribution < -0.4 is 172 Å². The minimum absolute atomic E-state index is 0. The van der Waals surface area contributed by atoms with Gasteiger partial charge in [0.15, 0.2) is 0 Å². The SMILES string of the molecule is O=[Si](O)O.O=[Si](O)O.O=[Si](O)O.O=[Si](O)O.O=[Si](O)O.O=[Si](O)O.O=[Si](O)O.O=[Si](O)O.O=[Si](O)O.O=[Si](O)O.O=[Si](O)O.O=[Si](O)O.O=[Si](O)O.O=[Si](O)O.O=[Si](O)O.O=[Si](O)O.O=[Si](O)O.O=[Si](O)O.O=[Si](O)O.O=[Si](O)O.O=[Si](O)O.O=[Si](O)O.O=[Si](O)O.O=[Si](O)O.O=[Si](O)O.O=[Si](O)O.O=[Si](O)O.O=[Si]([O-])O.O=[Si]([O-])[O-].O=[Si]([O-])[O-].[Na+].[Na+].[Na+].[Na+].[Na+]. The Morgan fingerprint density at radius 1 is 0.0880 bits per heavy atom. The Hall–Kier alpha value is -6.49. The van der Waals surface area contributed by atoms with Crippen molar-refractivity contribution in [1.29, 1.82) is 0 Å². The summed E-state index contributed by atoms with van der Waals surface area (Å²) in [4.78, 5) is 436. The molecule has 0 fully saturated rings. The predicted molar refractivity (Wildman–Crippen MR) is 315 cm³/mol. The van der Waals surface area contributed by atoms with Crippen LogP contribution in [-0.4, -0.2) is 539 Å². The average Bonchev–Trinajstić information content (AvgIpc) is 3.29. The Morgan fingerprint density at radius 3 is 0.0880 bits per heavy atom. The summed E-state index contributed by atoms with van der Waals surface area (Å²) < 4.78 is 262. The van der Waals surface area contributed by atoms with Gasteiger partial charge >= 0.3 is 405 Å². The molecule has 0 atom stereocenters.